The zero-order valence-electron chi connectivity index (χ0n) is 10.6. The molecule has 1 aliphatic heterocycles. The summed E-state index contributed by atoms with van der Waals surface area (Å²) in [5.74, 6) is 0. The fourth-order valence-electron chi connectivity index (χ4n) is 3.04. The van der Waals surface area contributed by atoms with Crippen molar-refractivity contribution in [3.8, 4) is 0 Å². The van der Waals surface area contributed by atoms with Crippen LogP contribution >= 0.6 is 0 Å². The van der Waals surface area contributed by atoms with Crippen LogP contribution in [0.3, 0.4) is 0 Å². The lowest BCUT2D eigenvalue weighted by atomic mass is 9.88. The molecule has 2 fully saturated rings. The van der Waals surface area contributed by atoms with Crippen LogP contribution in [0.4, 0.5) is 0 Å². The monoisotopic (exact) mass is 226 g/mol. The first-order chi connectivity index (χ1) is 7.82. The molecule has 1 atom stereocenters. The topological polar surface area (TPSA) is 38.5 Å². The summed E-state index contributed by atoms with van der Waals surface area (Å²) in [6, 6.07) is 0.821. The number of ether oxygens (including phenoxy) is 1. The Labute approximate surface area is 99.3 Å². The molecule has 3 heteroatoms. The Morgan fingerprint density at radius 3 is 2.75 bits per heavy atom. The fraction of sp³-hybridized carbons (Fsp3) is 1.00. The molecular formula is C13H26N2O. The molecule has 94 valence electrons. The van der Waals surface area contributed by atoms with E-state index in [-0.39, 0.29) is 5.54 Å². The van der Waals surface area contributed by atoms with Gasteiger partial charge in [0.05, 0.1) is 0 Å². The lowest BCUT2D eigenvalue weighted by Gasteiger charge is -2.43. The van der Waals surface area contributed by atoms with Gasteiger partial charge in [-0.25, -0.2) is 0 Å². The third kappa shape index (κ3) is 2.58. The fourth-order valence-corrected chi connectivity index (χ4v) is 3.04. The van der Waals surface area contributed by atoms with E-state index < -0.39 is 0 Å². The summed E-state index contributed by atoms with van der Waals surface area (Å²) in [7, 11) is 0. The van der Waals surface area contributed by atoms with Gasteiger partial charge in [-0.3, -0.25) is 4.90 Å². The molecule has 0 radical (unpaired) electrons. The van der Waals surface area contributed by atoms with E-state index in [4.69, 9.17) is 10.5 Å². The molecule has 0 aromatic heterocycles. The SMILES string of the molecule is CCCN(C1CC1)C1(CN)CCCOCC1. The van der Waals surface area contributed by atoms with Crippen LogP contribution in [0, 0.1) is 0 Å². The van der Waals surface area contributed by atoms with Crippen molar-refractivity contribution in [3.05, 3.63) is 0 Å². The predicted molar refractivity (Wildman–Crippen MR) is 66.5 cm³/mol. The van der Waals surface area contributed by atoms with Crippen molar-refractivity contribution in [1.82, 2.24) is 4.90 Å². The van der Waals surface area contributed by atoms with Crippen LogP contribution in [0.1, 0.15) is 45.4 Å². The number of rotatable bonds is 5. The second-order valence-corrected chi connectivity index (χ2v) is 5.32. The lowest BCUT2D eigenvalue weighted by molar-refractivity contribution is 0.0596. The average Bonchev–Trinajstić information content (AvgIpc) is 3.13. The molecule has 1 unspecified atom stereocenters. The quantitative estimate of drug-likeness (QED) is 0.776. The highest BCUT2D eigenvalue weighted by Crippen LogP contribution is 2.37. The first kappa shape index (κ1) is 12.3. The van der Waals surface area contributed by atoms with Crippen LogP contribution in [-0.4, -0.2) is 42.8 Å². The average molecular weight is 226 g/mol. The Bertz CT molecular complexity index is 208. The summed E-state index contributed by atoms with van der Waals surface area (Å²) >= 11 is 0. The van der Waals surface area contributed by atoms with Gasteiger partial charge >= 0.3 is 0 Å². The largest absolute Gasteiger partial charge is 0.381 e. The van der Waals surface area contributed by atoms with E-state index in [1.165, 1.54) is 38.6 Å². The van der Waals surface area contributed by atoms with Gasteiger partial charge in [-0.2, -0.15) is 0 Å². The molecular weight excluding hydrogens is 200 g/mol. The lowest BCUT2D eigenvalue weighted by Crippen LogP contribution is -2.55. The molecule has 0 aromatic carbocycles. The van der Waals surface area contributed by atoms with E-state index >= 15 is 0 Å². The van der Waals surface area contributed by atoms with Gasteiger partial charge < -0.3 is 10.5 Å². The number of nitrogens with zero attached hydrogens (tertiary/aromatic N) is 1. The van der Waals surface area contributed by atoms with Crippen molar-refractivity contribution < 1.29 is 4.74 Å². The summed E-state index contributed by atoms with van der Waals surface area (Å²) in [5.41, 5.74) is 6.35. The van der Waals surface area contributed by atoms with E-state index in [9.17, 15) is 0 Å². The van der Waals surface area contributed by atoms with E-state index in [1.54, 1.807) is 0 Å². The second kappa shape index (κ2) is 5.48. The van der Waals surface area contributed by atoms with Crippen LogP contribution < -0.4 is 5.73 Å². The van der Waals surface area contributed by atoms with Gasteiger partial charge in [0.2, 0.25) is 0 Å². The van der Waals surface area contributed by atoms with Gasteiger partial charge in [-0.05, 0) is 45.1 Å². The standard InChI is InChI=1S/C13H26N2O/c1-2-8-15(12-4-5-12)13(11-14)6-3-9-16-10-7-13/h12H,2-11,14H2,1H3. The molecule has 2 N–H and O–H groups in total. The van der Waals surface area contributed by atoms with E-state index in [0.29, 0.717) is 0 Å². The molecule has 2 rings (SSSR count). The van der Waals surface area contributed by atoms with E-state index in [1.807, 2.05) is 0 Å². The van der Waals surface area contributed by atoms with Gasteiger partial charge in [0.1, 0.15) is 0 Å². The van der Waals surface area contributed by atoms with Crippen LogP contribution in [0.25, 0.3) is 0 Å². The summed E-state index contributed by atoms with van der Waals surface area (Å²) in [6.07, 6.45) is 7.51. The maximum Gasteiger partial charge on any atom is 0.0484 e. The van der Waals surface area contributed by atoms with Gasteiger partial charge in [-0.15, -0.1) is 0 Å². The molecule has 0 amide bonds. The van der Waals surface area contributed by atoms with Crippen LogP contribution in [0.2, 0.25) is 0 Å². The highest BCUT2D eigenvalue weighted by atomic mass is 16.5. The molecule has 2 aliphatic rings. The highest BCUT2D eigenvalue weighted by molar-refractivity contribution is 4.99. The Balaban J connectivity index is 2.08. The van der Waals surface area contributed by atoms with Gasteiger partial charge in [0.25, 0.3) is 0 Å². The first-order valence-corrected chi connectivity index (χ1v) is 6.87. The number of nitrogens with two attached hydrogens (primary N) is 1. The van der Waals surface area contributed by atoms with Crippen molar-refractivity contribution in [2.75, 3.05) is 26.3 Å². The van der Waals surface area contributed by atoms with Gasteiger partial charge in [-0.1, -0.05) is 6.92 Å². The third-order valence-corrected chi connectivity index (χ3v) is 4.08. The van der Waals surface area contributed by atoms with Crippen molar-refractivity contribution in [1.29, 1.82) is 0 Å². The number of hydrogen-bond donors (Lipinski definition) is 1. The Morgan fingerprint density at radius 1 is 1.31 bits per heavy atom. The summed E-state index contributed by atoms with van der Waals surface area (Å²) in [4.78, 5) is 2.71. The molecule has 3 nitrogen and oxygen atoms in total. The normalized spacial score (nSPS) is 31.7. The predicted octanol–water partition coefficient (Wildman–Crippen LogP) is 1.76. The van der Waals surface area contributed by atoms with E-state index in [2.05, 4.69) is 11.8 Å². The van der Waals surface area contributed by atoms with Crippen molar-refractivity contribution in [2.24, 2.45) is 5.73 Å². The minimum atomic E-state index is 0.244. The molecule has 1 aliphatic carbocycles. The maximum absolute atomic E-state index is 6.11. The third-order valence-electron chi connectivity index (χ3n) is 4.08. The minimum absolute atomic E-state index is 0.244. The molecule has 16 heavy (non-hydrogen) atoms. The molecule has 1 saturated heterocycles. The molecule has 1 saturated carbocycles. The minimum Gasteiger partial charge on any atom is -0.381 e. The van der Waals surface area contributed by atoms with Crippen LogP contribution in [-0.2, 0) is 4.74 Å². The Morgan fingerprint density at radius 2 is 2.12 bits per heavy atom. The molecule has 0 spiro atoms. The van der Waals surface area contributed by atoms with Crippen molar-refractivity contribution >= 4 is 0 Å². The highest BCUT2D eigenvalue weighted by Gasteiger charge is 2.42. The molecule has 0 aromatic rings. The summed E-state index contributed by atoms with van der Waals surface area (Å²) in [6.45, 7) is 6.10. The summed E-state index contributed by atoms with van der Waals surface area (Å²) < 4.78 is 5.60. The molecule has 1 heterocycles. The van der Waals surface area contributed by atoms with Crippen LogP contribution in [0.5, 0.6) is 0 Å². The van der Waals surface area contributed by atoms with Gasteiger partial charge in [0, 0.05) is 31.3 Å². The number of hydrogen-bond acceptors (Lipinski definition) is 3. The van der Waals surface area contributed by atoms with Crippen molar-refractivity contribution in [3.63, 3.8) is 0 Å². The maximum atomic E-state index is 6.11. The second-order valence-electron chi connectivity index (χ2n) is 5.32. The zero-order valence-corrected chi connectivity index (χ0v) is 10.6. The first-order valence-electron chi connectivity index (χ1n) is 6.87. The Kier molecular flexibility index (Phi) is 4.22. The van der Waals surface area contributed by atoms with Crippen molar-refractivity contribution in [2.45, 2.75) is 57.0 Å². The van der Waals surface area contributed by atoms with E-state index in [0.717, 1.165) is 32.2 Å². The molecule has 0 bridgehead atoms. The van der Waals surface area contributed by atoms with Gasteiger partial charge in [0.15, 0.2) is 0 Å². The summed E-state index contributed by atoms with van der Waals surface area (Å²) in [5, 5.41) is 0. The smallest absolute Gasteiger partial charge is 0.0484 e. The zero-order chi connectivity index (χ0) is 11.4. The Hall–Kier alpha value is -0.120. The van der Waals surface area contributed by atoms with Crippen LogP contribution in [0.15, 0.2) is 0 Å².